The first-order chi connectivity index (χ1) is 8.81. The number of nitrogens with one attached hydrogen (secondary N) is 1. The van der Waals surface area contributed by atoms with Crippen molar-refractivity contribution in [2.24, 2.45) is 5.92 Å². The van der Waals surface area contributed by atoms with Crippen LogP contribution in [-0.2, 0) is 9.53 Å². The molecule has 0 saturated carbocycles. The number of rotatable bonds is 4. The first-order valence-electron chi connectivity index (χ1n) is 7.02. The van der Waals surface area contributed by atoms with Gasteiger partial charge in [-0.05, 0) is 19.4 Å². The van der Waals surface area contributed by atoms with Crippen LogP contribution in [0.4, 0.5) is 0 Å². The summed E-state index contributed by atoms with van der Waals surface area (Å²) < 4.78 is 5.08. The Morgan fingerprint density at radius 1 is 1.33 bits per heavy atom. The van der Waals surface area contributed by atoms with E-state index in [9.17, 15) is 4.79 Å². The standard InChI is InChI=1S/C13H25N3O2/c1-18-10-9-15-5-7-16(8-6-15)13(17)12-3-2-4-14-11-12/h12,14H,2-11H2,1H3. The minimum Gasteiger partial charge on any atom is -0.383 e. The number of hydrogen-bond donors (Lipinski definition) is 1. The zero-order valence-electron chi connectivity index (χ0n) is 11.4. The van der Waals surface area contributed by atoms with Crippen LogP contribution < -0.4 is 5.32 Å². The highest BCUT2D eigenvalue weighted by molar-refractivity contribution is 5.79. The monoisotopic (exact) mass is 255 g/mol. The number of nitrogens with zero attached hydrogens (tertiary/aromatic N) is 2. The highest BCUT2D eigenvalue weighted by Gasteiger charge is 2.28. The summed E-state index contributed by atoms with van der Waals surface area (Å²) in [7, 11) is 1.73. The van der Waals surface area contributed by atoms with Crippen molar-refractivity contribution in [2.45, 2.75) is 12.8 Å². The third-order valence-electron chi connectivity index (χ3n) is 3.94. The highest BCUT2D eigenvalue weighted by atomic mass is 16.5. The fourth-order valence-electron chi connectivity index (χ4n) is 2.73. The topological polar surface area (TPSA) is 44.8 Å². The predicted octanol–water partition coefficient (Wildman–Crippen LogP) is -0.223. The molecule has 2 saturated heterocycles. The molecule has 104 valence electrons. The molecule has 1 N–H and O–H groups in total. The molecule has 0 radical (unpaired) electrons. The van der Waals surface area contributed by atoms with Crippen LogP contribution in [0.3, 0.4) is 0 Å². The quantitative estimate of drug-likeness (QED) is 0.754. The van der Waals surface area contributed by atoms with Gasteiger partial charge in [-0.2, -0.15) is 0 Å². The van der Waals surface area contributed by atoms with Crippen LogP contribution in [0.15, 0.2) is 0 Å². The number of carbonyl (C=O) groups is 1. The zero-order valence-corrected chi connectivity index (χ0v) is 11.4. The SMILES string of the molecule is COCCN1CCN(C(=O)C2CCCNC2)CC1. The summed E-state index contributed by atoms with van der Waals surface area (Å²) in [6, 6.07) is 0. The molecule has 2 aliphatic heterocycles. The molecule has 5 heteroatoms. The van der Waals surface area contributed by atoms with Crippen molar-refractivity contribution in [1.29, 1.82) is 0 Å². The van der Waals surface area contributed by atoms with E-state index < -0.39 is 0 Å². The molecular formula is C13H25N3O2. The van der Waals surface area contributed by atoms with Crippen LogP contribution in [0.5, 0.6) is 0 Å². The third kappa shape index (κ3) is 3.67. The lowest BCUT2D eigenvalue weighted by Crippen LogP contribution is -2.52. The Labute approximate surface area is 109 Å². The third-order valence-corrected chi connectivity index (χ3v) is 3.94. The van der Waals surface area contributed by atoms with E-state index in [0.717, 1.165) is 65.3 Å². The molecular weight excluding hydrogens is 230 g/mol. The maximum Gasteiger partial charge on any atom is 0.227 e. The average molecular weight is 255 g/mol. The second-order valence-electron chi connectivity index (χ2n) is 5.20. The molecule has 2 fully saturated rings. The van der Waals surface area contributed by atoms with Gasteiger partial charge in [-0.25, -0.2) is 0 Å². The van der Waals surface area contributed by atoms with Gasteiger partial charge in [0.15, 0.2) is 0 Å². The van der Waals surface area contributed by atoms with Crippen LogP contribution in [0.25, 0.3) is 0 Å². The van der Waals surface area contributed by atoms with E-state index >= 15 is 0 Å². The Balaban J connectivity index is 1.73. The van der Waals surface area contributed by atoms with Crippen molar-refractivity contribution in [3.05, 3.63) is 0 Å². The maximum atomic E-state index is 12.3. The Kier molecular flexibility index (Phi) is 5.41. The minimum atomic E-state index is 0.212. The number of amides is 1. The van der Waals surface area contributed by atoms with Crippen LogP contribution in [-0.4, -0.2) is 75.2 Å². The lowest BCUT2D eigenvalue weighted by atomic mass is 9.98. The number of carbonyl (C=O) groups excluding carboxylic acids is 1. The molecule has 0 aromatic rings. The van der Waals surface area contributed by atoms with Crippen molar-refractivity contribution in [3.63, 3.8) is 0 Å². The second kappa shape index (κ2) is 7.07. The molecule has 0 aromatic carbocycles. The molecule has 2 rings (SSSR count). The Bertz CT molecular complexity index is 259. The van der Waals surface area contributed by atoms with Crippen molar-refractivity contribution in [2.75, 3.05) is 59.5 Å². The van der Waals surface area contributed by atoms with Gasteiger partial charge in [0.05, 0.1) is 12.5 Å². The van der Waals surface area contributed by atoms with Crippen molar-refractivity contribution in [3.8, 4) is 0 Å². The Hall–Kier alpha value is -0.650. The number of piperazine rings is 1. The van der Waals surface area contributed by atoms with Crippen LogP contribution >= 0.6 is 0 Å². The van der Waals surface area contributed by atoms with Crippen molar-refractivity contribution >= 4 is 5.91 Å². The largest absolute Gasteiger partial charge is 0.383 e. The van der Waals surface area contributed by atoms with Gasteiger partial charge in [0.1, 0.15) is 0 Å². The number of ether oxygens (including phenoxy) is 1. The summed E-state index contributed by atoms with van der Waals surface area (Å²) in [6.07, 6.45) is 2.18. The van der Waals surface area contributed by atoms with E-state index in [0.29, 0.717) is 5.91 Å². The lowest BCUT2D eigenvalue weighted by molar-refractivity contribution is -0.137. The van der Waals surface area contributed by atoms with E-state index in [2.05, 4.69) is 10.2 Å². The molecule has 5 nitrogen and oxygen atoms in total. The van der Waals surface area contributed by atoms with Gasteiger partial charge in [-0.15, -0.1) is 0 Å². The first kappa shape index (κ1) is 13.8. The van der Waals surface area contributed by atoms with Gasteiger partial charge in [0.2, 0.25) is 5.91 Å². The van der Waals surface area contributed by atoms with Gasteiger partial charge >= 0.3 is 0 Å². The molecule has 0 aromatic heterocycles. The number of hydrogen-bond acceptors (Lipinski definition) is 4. The van der Waals surface area contributed by atoms with E-state index in [1.165, 1.54) is 0 Å². The molecule has 0 spiro atoms. The molecule has 2 aliphatic rings. The molecule has 0 aliphatic carbocycles. The van der Waals surface area contributed by atoms with E-state index in [1.54, 1.807) is 7.11 Å². The van der Waals surface area contributed by atoms with Crippen molar-refractivity contribution < 1.29 is 9.53 Å². The zero-order chi connectivity index (χ0) is 12.8. The van der Waals surface area contributed by atoms with E-state index in [-0.39, 0.29) is 5.92 Å². The fourth-order valence-corrected chi connectivity index (χ4v) is 2.73. The second-order valence-corrected chi connectivity index (χ2v) is 5.20. The van der Waals surface area contributed by atoms with Gasteiger partial charge in [-0.3, -0.25) is 9.69 Å². The molecule has 2 heterocycles. The van der Waals surface area contributed by atoms with Gasteiger partial charge in [0, 0.05) is 46.4 Å². The van der Waals surface area contributed by atoms with Crippen LogP contribution in [0.1, 0.15) is 12.8 Å². The van der Waals surface area contributed by atoms with Crippen LogP contribution in [0.2, 0.25) is 0 Å². The Morgan fingerprint density at radius 2 is 2.11 bits per heavy atom. The smallest absolute Gasteiger partial charge is 0.227 e. The first-order valence-corrected chi connectivity index (χ1v) is 7.02. The predicted molar refractivity (Wildman–Crippen MR) is 70.5 cm³/mol. The van der Waals surface area contributed by atoms with E-state index in [4.69, 9.17) is 4.74 Å². The highest BCUT2D eigenvalue weighted by Crippen LogP contribution is 2.14. The molecule has 18 heavy (non-hydrogen) atoms. The molecule has 1 amide bonds. The van der Waals surface area contributed by atoms with Crippen molar-refractivity contribution in [1.82, 2.24) is 15.1 Å². The summed E-state index contributed by atoms with van der Waals surface area (Å²) in [5.74, 6) is 0.567. The lowest BCUT2D eigenvalue weighted by Gasteiger charge is -2.37. The van der Waals surface area contributed by atoms with E-state index in [1.807, 2.05) is 4.90 Å². The normalized spacial score (nSPS) is 26.3. The fraction of sp³-hybridized carbons (Fsp3) is 0.923. The number of methoxy groups -OCH3 is 1. The molecule has 0 bridgehead atoms. The van der Waals surface area contributed by atoms with Crippen LogP contribution in [0, 0.1) is 5.92 Å². The summed E-state index contributed by atoms with van der Waals surface area (Å²) in [5.41, 5.74) is 0. The van der Waals surface area contributed by atoms with Gasteiger partial charge < -0.3 is 15.0 Å². The Morgan fingerprint density at radius 3 is 2.72 bits per heavy atom. The minimum absolute atomic E-state index is 0.212. The summed E-state index contributed by atoms with van der Waals surface area (Å²) in [5, 5.41) is 3.32. The summed E-state index contributed by atoms with van der Waals surface area (Å²) in [6.45, 7) is 7.39. The number of piperidine rings is 1. The van der Waals surface area contributed by atoms with Gasteiger partial charge in [0.25, 0.3) is 0 Å². The summed E-state index contributed by atoms with van der Waals surface area (Å²) in [4.78, 5) is 16.7. The average Bonchev–Trinajstić information content (AvgIpc) is 2.46. The van der Waals surface area contributed by atoms with Gasteiger partial charge in [-0.1, -0.05) is 0 Å². The molecule has 1 atom stereocenters. The molecule has 1 unspecified atom stereocenters. The maximum absolute atomic E-state index is 12.3. The summed E-state index contributed by atoms with van der Waals surface area (Å²) >= 11 is 0.